The minimum absolute atomic E-state index is 0.119. The molecule has 15 heavy (non-hydrogen) atoms. The van der Waals surface area contributed by atoms with Gasteiger partial charge in [-0.2, -0.15) is 0 Å². The van der Waals surface area contributed by atoms with Crippen LogP contribution in [0.4, 0.5) is 4.79 Å². The van der Waals surface area contributed by atoms with Crippen LogP contribution in [0.3, 0.4) is 0 Å². The maximum absolute atomic E-state index is 11.4. The van der Waals surface area contributed by atoms with Crippen molar-refractivity contribution < 1.29 is 23.8 Å². The second-order valence-electron chi connectivity index (χ2n) is 2.56. The molecule has 0 fully saturated rings. The number of methoxy groups -OCH3 is 2. The first-order valence-electron chi connectivity index (χ1n) is 4.32. The highest BCUT2D eigenvalue weighted by atomic mass is 16.5. The van der Waals surface area contributed by atoms with Crippen LogP contribution < -0.4 is 5.32 Å². The minimum atomic E-state index is -0.340. The first-order chi connectivity index (χ1) is 7.26. The number of rotatable bonds is 8. The Morgan fingerprint density at radius 3 is 2.67 bits per heavy atom. The SMILES string of the molecule is COCNC(=O)N(CCOC=O)COC. The van der Waals surface area contributed by atoms with E-state index in [2.05, 4.69) is 14.8 Å². The van der Waals surface area contributed by atoms with Crippen molar-refractivity contribution in [1.82, 2.24) is 10.2 Å². The first-order valence-corrected chi connectivity index (χ1v) is 4.32. The van der Waals surface area contributed by atoms with Gasteiger partial charge in [-0.25, -0.2) is 4.79 Å². The number of carbonyl (C=O) groups excluding carboxylic acids is 2. The van der Waals surface area contributed by atoms with Crippen LogP contribution in [0.5, 0.6) is 0 Å². The summed E-state index contributed by atoms with van der Waals surface area (Å²) in [7, 11) is 2.94. The molecule has 0 saturated carbocycles. The van der Waals surface area contributed by atoms with Crippen molar-refractivity contribution in [2.24, 2.45) is 0 Å². The van der Waals surface area contributed by atoms with Gasteiger partial charge in [-0.15, -0.1) is 0 Å². The molecule has 0 spiro atoms. The lowest BCUT2D eigenvalue weighted by atomic mass is 10.6. The molecule has 0 aliphatic heterocycles. The van der Waals surface area contributed by atoms with Gasteiger partial charge in [0.1, 0.15) is 20.1 Å². The Morgan fingerprint density at radius 1 is 1.40 bits per heavy atom. The number of hydrogen-bond donors (Lipinski definition) is 1. The summed E-state index contributed by atoms with van der Waals surface area (Å²) < 4.78 is 14.0. The molecule has 0 radical (unpaired) electrons. The minimum Gasteiger partial charge on any atom is -0.466 e. The molecule has 0 unspecified atom stereocenters. The van der Waals surface area contributed by atoms with Gasteiger partial charge in [-0.05, 0) is 0 Å². The Hall–Kier alpha value is -1.34. The molecule has 1 N–H and O–H groups in total. The molecule has 0 aromatic heterocycles. The van der Waals surface area contributed by atoms with Crippen molar-refractivity contribution in [1.29, 1.82) is 0 Å². The fourth-order valence-electron chi connectivity index (χ4n) is 0.837. The maximum atomic E-state index is 11.4. The zero-order valence-electron chi connectivity index (χ0n) is 8.89. The Labute approximate surface area is 88.3 Å². The molecule has 0 aromatic carbocycles. The van der Waals surface area contributed by atoms with Gasteiger partial charge in [0.15, 0.2) is 0 Å². The van der Waals surface area contributed by atoms with Gasteiger partial charge in [0, 0.05) is 14.2 Å². The Morgan fingerprint density at radius 2 is 2.13 bits per heavy atom. The average molecular weight is 220 g/mol. The molecule has 2 amide bonds. The number of nitrogens with zero attached hydrogens (tertiary/aromatic N) is 1. The fraction of sp³-hybridized carbons (Fsp3) is 0.750. The van der Waals surface area contributed by atoms with E-state index < -0.39 is 0 Å². The predicted octanol–water partition coefficient (Wildman–Crippen LogP) is -0.621. The average Bonchev–Trinajstić information content (AvgIpc) is 2.25. The van der Waals surface area contributed by atoms with Crippen LogP contribution in [0.1, 0.15) is 0 Å². The summed E-state index contributed by atoms with van der Waals surface area (Å²) in [5.41, 5.74) is 0. The van der Waals surface area contributed by atoms with Gasteiger partial charge in [0.2, 0.25) is 0 Å². The molecule has 7 heteroatoms. The molecule has 0 aromatic rings. The molecular formula is C8H16N2O5. The van der Waals surface area contributed by atoms with Gasteiger partial charge in [-0.3, -0.25) is 9.69 Å². The first kappa shape index (κ1) is 13.7. The number of nitrogens with one attached hydrogen (secondary N) is 1. The summed E-state index contributed by atoms with van der Waals surface area (Å²) >= 11 is 0. The summed E-state index contributed by atoms with van der Waals surface area (Å²) in [6.45, 7) is 0.971. The van der Waals surface area contributed by atoms with E-state index in [-0.39, 0.29) is 32.6 Å². The summed E-state index contributed by atoms with van der Waals surface area (Å²) in [5, 5.41) is 2.49. The van der Waals surface area contributed by atoms with E-state index in [1.54, 1.807) is 0 Å². The van der Waals surface area contributed by atoms with Crippen molar-refractivity contribution in [2.75, 3.05) is 40.8 Å². The highest BCUT2D eigenvalue weighted by molar-refractivity contribution is 5.73. The van der Waals surface area contributed by atoms with Crippen LogP contribution in [-0.2, 0) is 19.0 Å². The highest BCUT2D eigenvalue weighted by Gasteiger charge is 2.11. The lowest BCUT2D eigenvalue weighted by molar-refractivity contribution is -0.129. The molecule has 0 aliphatic rings. The van der Waals surface area contributed by atoms with E-state index in [9.17, 15) is 9.59 Å². The molecule has 0 aliphatic carbocycles. The summed E-state index contributed by atoms with van der Waals surface area (Å²) in [6.07, 6.45) is 0. The number of ether oxygens (including phenoxy) is 3. The van der Waals surface area contributed by atoms with Crippen LogP contribution in [0, 0.1) is 0 Å². The zero-order chi connectivity index (χ0) is 11.5. The van der Waals surface area contributed by atoms with Gasteiger partial charge in [0.25, 0.3) is 6.47 Å². The number of amides is 2. The molecule has 0 saturated heterocycles. The normalized spacial score (nSPS) is 9.47. The third kappa shape index (κ3) is 6.69. The second-order valence-corrected chi connectivity index (χ2v) is 2.56. The lowest BCUT2D eigenvalue weighted by Gasteiger charge is -2.21. The van der Waals surface area contributed by atoms with Crippen LogP contribution in [0.2, 0.25) is 0 Å². The number of urea groups is 1. The van der Waals surface area contributed by atoms with E-state index in [4.69, 9.17) is 4.74 Å². The van der Waals surface area contributed by atoms with Gasteiger partial charge in [-0.1, -0.05) is 0 Å². The quantitative estimate of drug-likeness (QED) is 0.335. The van der Waals surface area contributed by atoms with E-state index >= 15 is 0 Å². The van der Waals surface area contributed by atoms with Crippen molar-refractivity contribution >= 4 is 12.5 Å². The molecule has 0 rings (SSSR count). The Kier molecular flexibility index (Phi) is 8.40. The van der Waals surface area contributed by atoms with Crippen molar-refractivity contribution in [3.8, 4) is 0 Å². The van der Waals surface area contributed by atoms with Gasteiger partial charge < -0.3 is 19.5 Å². The lowest BCUT2D eigenvalue weighted by Crippen LogP contribution is -2.43. The second kappa shape index (κ2) is 9.22. The summed E-state index contributed by atoms with van der Waals surface area (Å²) in [6, 6.07) is -0.340. The summed E-state index contributed by atoms with van der Waals surface area (Å²) in [5.74, 6) is 0. The smallest absolute Gasteiger partial charge is 0.321 e. The maximum Gasteiger partial charge on any atom is 0.321 e. The van der Waals surface area contributed by atoms with Crippen LogP contribution >= 0.6 is 0 Å². The molecule has 88 valence electrons. The number of hydrogen-bond acceptors (Lipinski definition) is 5. The molecule has 0 atom stereocenters. The van der Waals surface area contributed by atoms with E-state index in [1.807, 2.05) is 0 Å². The van der Waals surface area contributed by atoms with Crippen molar-refractivity contribution in [3.63, 3.8) is 0 Å². The summed E-state index contributed by atoms with van der Waals surface area (Å²) in [4.78, 5) is 22.6. The van der Waals surface area contributed by atoms with Crippen molar-refractivity contribution in [2.45, 2.75) is 0 Å². The number of carbonyl (C=O) groups is 2. The third-order valence-electron chi connectivity index (χ3n) is 1.49. The highest BCUT2D eigenvalue weighted by Crippen LogP contribution is 1.90. The third-order valence-corrected chi connectivity index (χ3v) is 1.49. The molecule has 0 heterocycles. The molecule has 7 nitrogen and oxygen atoms in total. The van der Waals surface area contributed by atoms with Crippen LogP contribution in [0.25, 0.3) is 0 Å². The topological polar surface area (TPSA) is 77.1 Å². The van der Waals surface area contributed by atoms with Crippen molar-refractivity contribution in [3.05, 3.63) is 0 Å². The largest absolute Gasteiger partial charge is 0.466 e. The van der Waals surface area contributed by atoms with E-state index in [0.717, 1.165) is 0 Å². The molecular weight excluding hydrogens is 204 g/mol. The van der Waals surface area contributed by atoms with Crippen LogP contribution in [0.15, 0.2) is 0 Å². The van der Waals surface area contributed by atoms with Gasteiger partial charge in [0.05, 0.1) is 6.54 Å². The monoisotopic (exact) mass is 220 g/mol. The fourth-order valence-corrected chi connectivity index (χ4v) is 0.837. The Bertz CT molecular complexity index is 188. The predicted molar refractivity (Wildman–Crippen MR) is 51.0 cm³/mol. The van der Waals surface area contributed by atoms with Crippen LogP contribution in [-0.4, -0.2) is 58.2 Å². The van der Waals surface area contributed by atoms with E-state index in [1.165, 1.54) is 19.1 Å². The zero-order valence-corrected chi connectivity index (χ0v) is 8.89. The van der Waals surface area contributed by atoms with Gasteiger partial charge >= 0.3 is 6.03 Å². The molecule has 0 bridgehead atoms. The standard InChI is InChI=1S/C8H16N2O5/c1-13-5-9-8(12)10(6-14-2)3-4-15-7-11/h7H,3-6H2,1-2H3,(H,9,12). The Balaban J connectivity index is 3.88. The van der Waals surface area contributed by atoms with E-state index in [0.29, 0.717) is 6.47 Å².